The fourth-order valence-electron chi connectivity index (χ4n) is 2.53. The highest BCUT2D eigenvalue weighted by atomic mass is 19.4. The molecule has 1 aromatic carbocycles. The number of aliphatic hydroxyl groups is 1. The van der Waals surface area contributed by atoms with Gasteiger partial charge < -0.3 is 5.11 Å². The number of likely N-dealkylation sites (N-methyl/N-ethyl adjacent to an activating group) is 1. The number of hydrogen-bond donors (Lipinski definition) is 1. The summed E-state index contributed by atoms with van der Waals surface area (Å²) in [7, 11) is 1.92. The average molecular weight is 288 g/mol. The SMILES string of the molecule is CN1CCN(Cc2ccccc2C(F)(F)F)C[C@H]1CO. The van der Waals surface area contributed by atoms with E-state index in [2.05, 4.69) is 0 Å². The van der Waals surface area contributed by atoms with Crippen molar-refractivity contribution in [2.45, 2.75) is 18.8 Å². The predicted octanol–water partition coefficient (Wildman–Crippen LogP) is 1.81. The molecule has 20 heavy (non-hydrogen) atoms. The monoisotopic (exact) mass is 288 g/mol. The van der Waals surface area contributed by atoms with Gasteiger partial charge in [-0.1, -0.05) is 18.2 Å². The van der Waals surface area contributed by atoms with Crippen LogP contribution < -0.4 is 0 Å². The molecule has 1 saturated heterocycles. The molecule has 2 rings (SSSR count). The Balaban J connectivity index is 2.11. The highest BCUT2D eigenvalue weighted by Crippen LogP contribution is 2.32. The quantitative estimate of drug-likeness (QED) is 0.919. The van der Waals surface area contributed by atoms with E-state index in [0.717, 1.165) is 12.6 Å². The summed E-state index contributed by atoms with van der Waals surface area (Å²) >= 11 is 0. The maximum absolute atomic E-state index is 12.9. The van der Waals surface area contributed by atoms with Crippen LogP contribution in [0.25, 0.3) is 0 Å². The largest absolute Gasteiger partial charge is 0.416 e. The van der Waals surface area contributed by atoms with Crippen LogP contribution in [0.2, 0.25) is 0 Å². The predicted molar refractivity (Wildman–Crippen MR) is 70.2 cm³/mol. The smallest absolute Gasteiger partial charge is 0.395 e. The van der Waals surface area contributed by atoms with Crippen LogP contribution in [0, 0.1) is 0 Å². The first-order valence-electron chi connectivity index (χ1n) is 6.60. The van der Waals surface area contributed by atoms with Gasteiger partial charge >= 0.3 is 6.18 Å². The van der Waals surface area contributed by atoms with Crippen molar-refractivity contribution in [2.24, 2.45) is 0 Å². The molecule has 1 aromatic rings. The number of halogens is 3. The minimum Gasteiger partial charge on any atom is -0.395 e. The molecule has 0 saturated carbocycles. The zero-order valence-corrected chi connectivity index (χ0v) is 11.4. The molecule has 6 heteroatoms. The Morgan fingerprint density at radius 3 is 2.60 bits per heavy atom. The molecule has 1 aliphatic rings. The fourth-order valence-corrected chi connectivity index (χ4v) is 2.53. The number of alkyl halides is 3. The van der Waals surface area contributed by atoms with Gasteiger partial charge in [0.15, 0.2) is 0 Å². The maximum atomic E-state index is 12.9. The Morgan fingerprint density at radius 1 is 1.25 bits per heavy atom. The second kappa shape index (κ2) is 6.11. The number of benzene rings is 1. The molecular weight excluding hydrogens is 269 g/mol. The minimum atomic E-state index is -4.32. The lowest BCUT2D eigenvalue weighted by atomic mass is 10.1. The first-order valence-corrected chi connectivity index (χ1v) is 6.60. The molecule has 112 valence electrons. The van der Waals surface area contributed by atoms with Crippen LogP contribution in [0.1, 0.15) is 11.1 Å². The van der Waals surface area contributed by atoms with Gasteiger partial charge in [0, 0.05) is 32.2 Å². The van der Waals surface area contributed by atoms with E-state index in [9.17, 15) is 18.3 Å². The zero-order valence-electron chi connectivity index (χ0n) is 11.4. The van der Waals surface area contributed by atoms with E-state index in [1.807, 2.05) is 16.8 Å². The Hall–Kier alpha value is -1.11. The molecular formula is C14H19F3N2O. The molecule has 1 atom stereocenters. The third kappa shape index (κ3) is 3.50. The highest BCUT2D eigenvalue weighted by Gasteiger charge is 2.33. The number of nitrogens with zero attached hydrogens (tertiary/aromatic N) is 2. The standard InChI is InChI=1S/C14H19F3N2O/c1-18-6-7-19(9-12(18)10-20)8-11-4-2-3-5-13(11)14(15,16)17/h2-5,12,20H,6-10H2,1H3/t12-/m0/s1. The van der Waals surface area contributed by atoms with Crippen molar-refractivity contribution >= 4 is 0 Å². The van der Waals surface area contributed by atoms with Gasteiger partial charge in [-0.3, -0.25) is 9.80 Å². The van der Waals surface area contributed by atoms with Gasteiger partial charge in [0.1, 0.15) is 0 Å². The van der Waals surface area contributed by atoms with Gasteiger partial charge in [-0.2, -0.15) is 13.2 Å². The summed E-state index contributed by atoms with van der Waals surface area (Å²) < 4.78 is 38.8. The van der Waals surface area contributed by atoms with Gasteiger partial charge in [-0.25, -0.2) is 0 Å². The van der Waals surface area contributed by atoms with E-state index < -0.39 is 11.7 Å². The van der Waals surface area contributed by atoms with Gasteiger partial charge in [0.25, 0.3) is 0 Å². The van der Waals surface area contributed by atoms with Crippen LogP contribution in [-0.4, -0.2) is 54.2 Å². The van der Waals surface area contributed by atoms with E-state index in [4.69, 9.17) is 0 Å². The first-order chi connectivity index (χ1) is 9.41. The van der Waals surface area contributed by atoms with Crippen molar-refractivity contribution in [3.8, 4) is 0 Å². The second-order valence-corrected chi connectivity index (χ2v) is 5.21. The molecule has 0 bridgehead atoms. The lowest BCUT2D eigenvalue weighted by Gasteiger charge is -2.38. The third-order valence-electron chi connectivity index (χ3n) is 3.79. The van der Waals surface area contributed by atoms with E-state index in [1.165, 1.54) is 12.1 Å². The maximum Gasteiger partial charge on any atom is 0.416 e. The summed E-state index contributed by atoms with van der Waals surface area (Å²) in [5, 5.41) is 9.28. The van der Waals surface area contributed by atoms with Crippen LogP contribution in [0.4, 0.5) is 13.2 Å². The molecule has 0 aliphatic carbocycles. The average Bonchev–Trinajstić information content (AvgIpc) is 2.40. The molecule has 3 nitrogen and oxygen atoms in total. The summed E-state index contributed by atoms with van der Waals surface area (Å²) in [6, 6.07) is 5.67. The fraction of sp³-hybridized carbons (Fsp3) is 0.571. The molecule has 0 radical (unpaired) electrons. The van der Waals surface area contributed by atoms with Crippen molar-refractivity contribution in [3.63, 3.8) is 0 Å². The highest BCUT2D eigenvalue weighted by molar-refractivity contribution is 5.29. The summed E-state index contributed by atoms with van der Waals surface area (Å²) in [6.45, 7) is 2.33. The van der Waals surface area contributed by atoms with Gasteiger partial charge in [0.2, 0.25) is 0 Å². The van der Waals surface area contributed by atoms with Crippen molar-refractivity contribution in [1.82, 2.24) is 9.80 Å². The van der Waals surface area contributed by atoms with E-state index in [1.54, 1.807) is 6.07 Å². The van der Waals surface area contributed by atoms with Crippen molar-refractivity contribution < 1.29 is 18.3 Å². The van der Waals surface area contributed by atoms with Gasteiger partial charge in [-0.15, -0.1) is 0 Å². The van der Waals surface area contributed by atoms with Crippen LogP contribution in [0.15, 0.2) is 24.3 Å². The van der Waals surface area contributed by atoms with Crippen molar-refractivity contribution in [1.29, 1.82) is 0 Å². The molecule has 1 heterocycles. The van der Waals surface area contributed by atoms with E-state index >= 15 is 0 Å². The Labute approximate surface area is 116 Å². The number of hydrogen-bond acceptors (Lipinski definition) is 3. The third-order valence-corrected chi connectivity index (χ3v) is 3.79. The molecule has 1 aliphatic heterocycles. The van der Waals surface area contributed by atoms with Crippen LogP contribution in [0.5, 0.6) is 0 Å². The number of aliphatic hydroxyl groups excluding tert-OH is 1. The topological polar surface area (TPSA) is 26.7 Å². The zero-order chi connectivity index (χ0) is 14.8. The Bertz CT molecular complexity index is 450. The second-order valence-electron chi connectivity index (χ2n) is 5.21. The molecule has 0 amide bonds. The Morgan fingerprint density at radius 2 is 1.95 bits per heavy atom. The van der Waals surface area contributed by atoms with E-state index in [0.29, 0.717) is 18.7 Å². The minimum absolute atomic E-state index is 0.0122. The molecule has 1 fully saturated rings. The van der Waals surface area contributed by atoms with Crippen molar-refractivity contribution in [3.05, 3.63) is 35.4 Å². The lowest BCUT2D eigenvalue weighted by molar-refractivity contribution is -0.138. The van der Waals surface area contributed by atoms with Gasteiger partial charge in [0.05, 0.1) is 12.2 Å². The van der Waals surface area contributed by atoms with Crippen molar-refractivity contribution in [2.75, 3.05) is 33.3 Å². The van der Waals surface area contributed by atoms with Crippen LogP contribution in [-0.2, 0) is 12.7 Å². The number of piperazine rings is 1. The molecule has 1 N–H and O–H groups in total. The summed E-state index contributed by atoms with van der Waals surface area (Å²) in [6.07, 6.45) is -4.32. The van der Waals surface area contributed by atoms with Crippen LogP contribution in [0.3, 0.4) is 0 Å². The summed E-state index contributed by atoms with van der Waals surface area (Å²) in [5.41, 5.74) is -0.277. The summed E-state index contributed by atoms with van der Waals surface area (Å²) in [5.74, 6) is 0. The van der Waals surface area contributed by atoms with E-state index in [-0.39, 0.29) is 19.2 Å². The molecule has 0 spiro atoms. The van der Waals surface area contributed by atoms with Crippen LogP contribution >= 0.6 is 0 Å². The summed E-state index contributed by atoms with van der Waals surface area (Å²) in [4.78, 5) is 4.00. The number of rotatable bonds is 3. The normalized spacial score (nSPS) is 22.1. The molecule has 0 aromatic heterocycles. The van der Waals surface area contributed by atoms with Gasteiger partial charge in [-0.05, 0) is 18.7 Å². The lowest BCUT2D eigenvalue weighted by Crippen LogP contribution is -2.52. The first kappa shape index (κ1) is 15.3. The molecule has 0 unspecified atom stereocenters. The Kier molecular flexibility index (Phi) is 4.67.